The van der Waals surface area contributed by atoms with Crippen molar-refractivity contribution in [1.29, 1.82) is 0 Å². The molecule has 3 atom stereocenters. The predicted molar refractivity (Wildman–Crippen MR) is 131 cm³/mol. The summed E-state index contributed by atoms with van der Waals surface area (Å²) in [4.78, 5) is 19.6. The number of carbonyl (C=O) groups is 1. The van der Waals surface area contributed by atoms with E-state index in [1.807, 2.05) is 26.0 Å². The normalized spacial score (nSPS) is 20.8. The van der Waals surface area contributed by atoms with E-state index in [1.54, 1.807) is 12.1 Å². The number of aliphatic carboxylic acids is 1. The number of benzene rings is 2. The van der Waals surface area contributed by atoms with Crippen molar-refractivity contribution in [3.63, 3.8) is 0 Å². The van der Waals surface area contributed by atoms with Gasteiger partial charge in [-0.3, -0.25) is 9.78 Å². The Morgan fingerprint density at radius 3 is 2.58 bits per heavy atom. The monoisotopic (exact) mass is 492 g/mol. The van der Waals surface area contributed by atoms with Gasteiger partial charge in [0.1, 0.15) is 24.8 Å². The van der Waals surface area contributed by atoms with Crippen LogP contribution in [0.4, 0.5) is 4.39 Å². The Kier molecular flexibility index (Phi) is 6.87. The van der Waals surface area contributed by atoms with Crippen LogP contribution in [0.15, 0.2) is 42.7 Å². The Labute approximate surface area is 209 Å². The molecule has 1 aromatic heterocycles. The zero-order valence-corrected chi connectivity index (χ0v) is 20.4. The summed E-state index contributed by atoms with van der Waals surface area (Å²) in [7, 11) is 0. The average Bonchev–Trinajstić information content (AvgIpc) is 3.50. The van der Waals surface area contributed by atoms with Crippen LogP contribution in [0.3, 0.4) is 0 Å². The topological polar surface area (TPSA) is 90.8 Å². The summed E-state index contributed by atoms with van der Waals surface area (Å²) in [6.07, 6.45) is 5.82. The Morgan fingerprint density at radius 2 is 1.94 bits per heavy atom. The number of carboxylic acid groups (broad SMARTS) is 1. The van der Waals surface area contributed by atoms with Gasteiger partial charge >= 0.3 is 5.97 Å². The van der Waals surface area contributed by atoms with Gasteiger partial charge < -0.3 is 19.3 Å². The standard InChI is InChI=1S/C28H29FN2O5/c1-16-8-21(35-15-20-4-3-7-34-20)9-17(2)27(16)18-5-6-24(29)19(10-18)14-36-26-13-30-25(12-31-26)22-11-23(22)28(32)33/h5-6,8-10,12-13,20,22-23H,3-4,7,11,14-15H2,1-2H3,(H,32,33)/t20?,22-,23-/m1/s1. The van der Waals surface area contributed by atoms with E-state index in [2.05, 4.69) is 9.97 Å². The third kappa shape index (κ3) is 5.33. The first-order valence-corrected chi connectivity index (χ1v) is 12.2. The van der Waals surface area contributed by atoms with Gasteiger partial charge in [-0.15, -0.1) is 0 Å². The Balaban J connectivity index is 1.26. The van der Waals surface area contributed by atoms with Gasteiger partial charge in [0.15, 0.2) is 0 Å². The number of hydrogen-bond donors (Lipinski definition) is 1. The van der Waals surface area contributed by atoms with E-state index in [-0.39, 0.29) is 30.3 Å². The fourth-order valence-electron chi connectivity index (χ4n) is 4.81. The molecule has 2 heterocycles. The van der Waals surface area contributed by atoms with E-state index < -0.39 is 11.9 Å². The van der Waals surface area contributed by atoms with Crippen molar-refractivity contribution < 1.29 is 28.5 Å². The highest BCUT2D eigenvalue weighted by atomic mass is 19.1. The molecule has 1 unspecified atom stereocenters. The van der Waals surface area contributed by atoms with E-state index >= 15 is 0 Å². The van der Waals surface area contributed by atoms with Crippen molar-refractivity contribution in [2.24, 2.45) is 5.92 Å². The molecule has 1 aliphatic heterocycles. The minimum absolute atomic E-state index is 0.00441. The molecule has 0 radical (unpaired) electrons. The second-order valence-corrected chi connectivity index (χ2v) is 9.54. The lowest BCUT2D eigenvalue weighted by Gasteiger charge is -2.16. The molecule has 0 spiro atoms. The van der Waals surface area contributed by atoms with Crippen LogP contribution >= 0.6 is 0 Å². The van der Waals surface area contributed by atoms with E-state index in [1.165, 1.54) is 18.5 Å². The third-order valence-corrected chi connectivity index (χ3v) is 6.81. The molecule has 1 aliphatic carbocycles. The van der Waals surface area contributed by atoms with Crippen LogP contribution in [0.25, 0.3) is 11.1 Å². The summed E-state index contributed by atoms with van der Waals surface area (Å²) in [5.74, 6) is -0.607. The lowest BCUT2D eigenvalue weighted by Crippen LogP contribution is -2.16. The zero-order valence-electron chi connectivity index (χ0n) is 20.4. The van der Waals surface area contributed by atoms with Gasteiger partial charge in [0.2, 0.25) is 5.88 Å². The SMILES string of the molecule is Cc1cc(OCC2CCCO2)cc(C)c1-c1ccc(F)c(COc2cnc([C@@H]3C[C@H]3C(=O)O)cn2)c1. The first-order chi connectivity index (χ1) is 17.4. The largest absolute Gasteiger partial charge is 0.491 e. The molecule has 8 heteroatoms. The molecule has 0 amide bonds. The van der Waals surface area contributed by atoms with Crippen LogP contribution in [0.2, 0.25) is 0 Å². The number of aryl methyl sites for hydroxylation is 2. The second-order valence-electron chi connectivity index (χ2n) is 9.54. The molecule has 188 valence electrons. The van der Waals surface area contributed by atoms with Crippen LogP contribution in [0, 0.1) is 25.6 Å². The minimum Gasteiger partial charge on any atom is -0.491 e. The van der Waals surface area contributed by atoms with Crippen LogP contribution in [0.1, 0.15) is 47.6 Å². The van der Waals surface area contributed by atoms with Gasteiger partial charge in [-0.25, -0.2) is 9.37 Å². The van der Waals surface area contributed by atoms with Crippen molar-refractivity contribution in [3.8, 4) is 22.8 Å². The van der Waals surface area contributed by atoms with Crippen LogP contribution < -0.4 is 9.47 Å². The molecule has 1 saturated carbocycles. The van der Waals surface area contributed by atoms with E-state index in [0.29, 0.717) is 24.3 Å². The molecular formula is C28H29FN2O5. The van der Waals surface area contributed by atoms with Crippen LogP contribution in [0.5, 0.6) is 11.6 Å². The first kappa shape index (κ1) is 24.2. The molecule has 1 saturated heterocycles. The van der Waals surface area contributed by atoms with Crippen molar-refractivity contribution in [2.45, 2.75) is 51.7 Å². The summed E-state index contributed by atoms with van der Waals surface area (Å²) in [5, 5.41) is 9.07. The summed E-state index contributed by atoms with van der Waals surface area (Å²) in [6, 6.07) is 9.01. The third-order valence-electron chi connectivity index (χ3n) is 6.81. The summed E-state index contributed by atoms with van der Waals surface area (Å²) >= 11 is 0. The maximum absolute atomic E-state index is 14.6. The van der Waals surface area contributed by atoms with Gasteiger partial charge in [0, 0.05) is 18.1 Å². The summed E-state index contributed by atoms with van der Waals surface area (Å²) in [6.45, 7) is 5.38. The number of aromatic nitrogens is 2. The molecule has 1 N–H and O–H groups in total. The van der Waals surface area contributed by atoms with Crippen molar-refractivity contribution in [3.05, 3.63) is 70.9 Å². The van der Waals surface area contributed by atoms with Gasteiger partial charge in [0.05, 0.1) is 30.1 Å². The number of rotatable bonds is 9. The molecule has 7 nitrogen and oxygen atoms in total. The zero-order chi connectivity index (χ0) is 25.2. The molecule has 36 heavy (non-hydrogen) atoms. The number of ether oxygens (including phenoxy) is 3. The van der Waals surface area contributed by atoms with E-state index in [0.717, 1.165) is 47.5 Å². The quantitative estimate of drug-likeness (QED) is 0.438. The average molecular weight is 493 g/mol. The lowest BCUT2D eigenvalue weighted by molar-refractivity contribution is -0.138. The van der Waals surface area contributed by atoms with Crippen LogP contribution in [-0.4, -0.2) is 40.4 Å². The molecule has 2 aliphatic rings. The fraction of sp³-hybridized carbons (Fsp3) is 0.393. The number of nitrogens with zero attached hydrogens (tertiary/aromatic N) is 2. The Bertz CT molecular complexity index is 1230. The number of carboxylic acids is 1. The molecule has 0 bridgehead atoms. The smallest absolute Gasteiger partial charge is 0.307 e. The van der Waals surface area contributed by atoms with Crippen LogP contribution in [-0.2, 0) is 16.1 Å². The van der Waals surface area contributed by atoms with Crippen molar-refractivity contribution in [2.75, 3.05) is 13.2 Å². The first-order valence-electron chi connectivity index (χ1n) is 12.2. The lowest BCUT2D eigenvalue weighted by atomic mass is 9.94. The Morgan fingerprint density at radius 1 is 1.14 bits per heavy atom. The fourth-order valence-corrected chi connectivity index (χ4v) is 4.81. The minimum atomic E-state index is -0.816. The molecular weight excluding hydrogens is 463 g/mol. The van der Waals surface area contributed by atoms with Crippen molar-refractivity contribution in [1.82, 2.24) is 9.97 Å². The predicted octanol–water partition coefficient (Wildman–Crippen LogP) is 5.22. The molecule has 2 fully saturated rings. The van der Waals surface area contributed by atoms with Gasteiger partial charge in [-0.05, 0) is 79.6 Å². The van der Waals surface area contributed by atoms with Crippen molar-refractivity contribution >= 4 is 5.97 Å². The number of hydrogen-bond acceptors (Lipinski definition) is 6. The Hall–Kier alpha value is -3.52. The summed E-state index contributed by atoms with van der Waals surface area (Å²) < 4.78 is 31.9. The molecule has 2 aromatic carbocycles. The summed E-state index contributed by atoms with van der Waals surface area (Å²) in [5.41, 5.74) is 5.04. The number of halogens is 1. The highest BCUT2D eigenvalue weighted by molar-refractivity contribution is 5.75. The maximum Gasteiger partial charge on any atom is 0.307 e. The highest BCUT2D eigenvalue weighted by Gasteiger charge is 2.45. The van der Waals surface area contributed by atoms with Gasteiger partial charge in [-0.2, -0.15) is 0 Å². The maximum atomic E-state index is 14.6. The highest BCUT2D eigenvalue weighted by Crippen LogP contribution is 2.46. The van der Waals surface area contributed by atoms with Gasteiger partial charge in [0.25, 0.3) is 0 Å². The molecule has 3 aromatic rings. The second kappa shape index (κ2) is 10.2. The van der Waals surface area contributed by atoms with E-state index in [9.17, 15) is 9.18 Å². The van der Waals surface area contributed by atoms with Gasteiger partial charge in [-0.1, -0.05) is 6.07 Å². The molecule has 5 rings (SSSR count). The van der Waals surface area contributed by atoms with E-state index in [4.69, 9.17) is 19.3 Å².